The van der Waals surface area contributed by atoms with E-state index in [0.717, 1.165) is 28.5 Å². The highest BCUT2D eigenvalue weighted by Gasteiger charge is 2.39. The van der Waals surface area contributed by atoms with Gasteiger partial charge in [-0.2, -0.15) is 0 Å². The Labute approximate surface area is 182 Å². The summed E-state index contributed by atoms with van der Waals surface area (Å²) in [6.07, 6.45) is 2.99. The van der Waals surface area contributed by atoms with Crippen LogP contribution in [0.5, 0.6) is 0 Å². The molecule has 31 heavy (non-hydrogen) atoms. The van der Waals surface area contributed by atoms with E-state index in [0.29, 0.717) is 18.7 Å². The van der Waals surface area contributed by atoms with Gasteiger partial charge in [-0.15, -0.1) is 0 Å². The van der Waals surface area contributed by atoms with Crippen molar-refractivity contribution in [2.45, 2.75) is 32.4 Å². The molecule has 0 saturated heterocycles. The topological polar surface area (TPSA) is 63.6 Å². The van der Waals surface area contributed by atoms with E-state index in [2.05, 4.69) is 28.2 Å². The van der Waals surface area contributed by atoms with Gasteiger partial charge in [0.1, 0.15) is 6.54 Å². The summed E-state index contributed by atoms with van der Waals surface area (Å²) in [5.41, 5.74) is 3.75. The standard InChI is InChI=1S/C25H29N3O3/c1-17(2)31-14-8-13-26-23(29)16-28-24(19-10-4-5-11-20(19)25(28)30)21-15-27(3)22-12-7-6-9-18(21)22/h4-7,9-12,15,17,24H,8,13-14,16H2,1-3H3,(H,26,29)/t24-/m1/s1. The van der Waals surface area contributed by atoms with Crippen LogP contribution in [0.4, 0.5) is 0 Å². The molecule has 1 N–H and O–H groups in total. The lowest BCUT2D eigenvalue weighted by Crippen LogP contribution is -2.40. The van der Waals surface area contributed by atoms with Gasteiger partial charge < -0.3 is 19.5 Å². The first-order valence-electron chi connectivity index (χ1n) is 10.8. The van der Waals surface area contributed by atoms with Gasteiger partial charge in [0.2, 0.25) is 5.91 Å². The molecule has 162 valence electrons. The number of hydrogen-bond donors (Lipinski definition) is 1. The van der Waals surface area contributed by atoms with E-state index >= 15 is 0 Å². The summed E-state index contributed by atoms with van der Waals surface area (Å²) in [7, 11) is 2.00. The van der Waals surface area contributed by atoms with Gasteiger partial charge in [0.15, 0.2) is 0 Å². The van der Waals surface area contributed by atoms with Crippen molar-refractivity contribution >= 4 is 22.7 Å². The second-order valence-corrected chi connectivity index (χ2v) is 8.26. The Morgan fingerprint density at radius 1 is 1.10 bits per heavy atom. The van der Waals surface area contributed by atoms with Crippen LogP contribution in [0.15, 0.2) is 54.7 Å². The van der Waals surface area contributed by atoms with Crippen LogP contribution in [0, 0.1) is 0 Å². The fourth-order valence-electron chi connectivity index (χ4n) is 4.29. The van der Waals surface area contributed by atoms with Gasteiger partial charge in [-0.25, -0.2) is 0 Å². The third kappa shape index (κ3) is 4.21. The number of aryl methyl sites for hydroxylation is 1. The van der Waals surface area contributed by atoms with Crippen LogP contribution >= 0.6 is 0 Å². The number of nitrogens with one attached hydrogen (secondary N) is 1. The van der Waals surface area contributed by atoms with Crippen molar-refractivity contribution in [3.8, 4) is 0 Å². The quantitative estimate of drug-likeness (QED) is 0.567. The first kappa shape index (κ1) is 21.1. The second kappa shape index (κ2) is 8.94. The molecular formula is C25H29N3O3. The maximum absolute atomic E-state index is 13.2. The zero-order chi connectivity index (χ0) is 22.0. The van der Waals surface area contributed by atoms with Crippen molar-refractivity contribution < 1.29 is 14.3 Å². The van der Waals surface area contributed by atoms with Gasteiger partial charge in [-0.3, -0.25) is 9.59 Å². The van der Waals surface area contributed by atoms with E-state index in [-0.39, 0.29) is 30.5 Å². The van der Waals surface area contributed by atoms with Crippen molar-refractivity contribution in [2.75, 3.05) is 19.7 Å². The monoisotopic (exact) mass is 419 g/mol. The molecule has 4 rings (SSSR count). The summed E-state index contributed by atoms with van der Waals surface area (Å²) in [6.45, 7) is 5.13. The predicted molar refractivity (Wildman–Crippen MR) is 121 cm³/mol. The molecule has 1 atom stereocenters. The molecule has 2 heterocycles. The number of amides is 2. The lowest BCUT2D eigenvalue weighted by atomic mass is 9.97. The van der Waals surface area contributed by atoms with Crippen LogP contribution < -0.4 is 5.32 Å². The van der Waals surface area contributed by atoms with Crippen molar-refractivity contribution in [3.05, 3.63) is 71.4 Å². The van der Waals surface area contributed by atoms with Crippen LogP contribution in [0.3, 0.4) is 0 Å². The molecule has 2 amide bonds. The van der Waals surface area contributed by atoms with E-state index in [4.69, 9.17) is 4.74 Å². The summed E-state index contributed by atoms with van der Waals surface area (Å²) < 4.78 is 7.59. The summed E-state index contributed by atoms with van der Waals surface area (Å²) in [5, 5.41) is 4.02. The Morgan fingerprint density at radius 3 is 2.65 bits per heavy atom. The molecule has 0 aliphatic carbocycles. The molecule has 0 unspecified atom stereocenters. The average Bonchev–Trinajstić information content (AvgIpc) is 3.22. The van der Waals surface area contributed by atoms with Crippen molar-refractivity contribution in [2.24, 2.45) is 7.05 Å². The third-order valence-electron chi connectivity index (χ3n) is 5.69. The zero-order valence-corrected chi connectivity index (χ0v) is 18.3. The molecule has 0 fully saturated rings. The molecule has 0 radical (unpaired) electrons. The predicted octanol–water partition coefficient (Wildman–Crippen LogP) is 3.65. The van der Waals surface area contributed by atoms with Gasteiger partial charge in [0, 0.05) is 48.4 Å². The number of benzene rings is 2. The molecule has 3 aromatic rings. The summed E-state index contributed by atoms with van der Waals surface area (Å²) in [5.74, 6) is -0.261. The molecular weight excluding hydrogens is 390 g/mol. The number of para-hydroxylation sites is 1. The Hall–Kier alpha value is -3.12. The number of hydrogen-bond acceptors (Lipinski definition) is 3. The van der Waals surface area contributed by atoms with Gasteiger partial charge in [-0.1, -0.05) is 36.4 Å². The number of carbonyl (C=O) groups excluding carboxylic acids is 2. The van der Waals surface area contributed by atoms with Crippen LogP contribution in [-0.2, 0) is 16.6 Å². The fraction of sp³-hybridized carbons (Fsp3) is 0.360. The summed E-state index contributed by atoms with van der Waals surface area (Å²) >= 11 is 0. The Bertz CT molecular complexity index is 1100. The van der Waals surface area contributed by atoms with E-state index in [1.807, 2.05) is 57.3 Å². The Kier molecular flexibility index (Phi) is 6.09. The summed E-state index contributed by atoms with van der Waals surface area (Å²) in [4.78, 5) is 27.6. The molecule has 1 aliphatic heterocycles. The van der Waals surface area contributed by atoms with Crippen molar-refractivity contribution in [1.29, 1.82) is 0 Å². The first-order chi connectivity index (χ1) is 15.0. The number of fused-ring (bicyclic) bond motifs is 2. The molecule has 1 aromatic heterocycles. The molecule has 0 spiro atoms. The van der Waals surface area contributed by atoms with E-state index in [1.165, 1.54) is 0 Å². The van der Waals surface area contributed by atoms with Crippen molar-refractivity contribution in [1.82, 2.24) is 14.8 Å². The van der Waals surface area contributed by atoms with E-state index in [9.17, 15) is 9.59 Å². The lowest BCUT2D eigenvalue weighted by molar-refractivity contribution is -0.122. The van der Waals surface area contributed by atoms with Crippen LogP contribution in [0.25, 0.3) is 10.9 Å². The molecule has 6 heteroatoms. The third-order valence-corrected chi connectivity index (χ3v) is 5.69. The SMILES string of the molecule is CC(C)OCCCNC(=O)CN1C(=O)c2ccccc2[C@@H]1c1cn(C)c2ccccc12. The van der Waals surface area contributed by atoms with Crippen LogP contribution in [-0.4, -0.2) is 47.1 Å². The molecule has 2 aromatic carbocycles. The maximum Gasteiger partial charge on any atom is 0.255 e. The average molecular weight is 420 g/mol. The highest BCUT2D eigenvalue weighted by atomic mass is 16.5. The van der Waals surface area contributed by atoms with Crippen molar-refractivity contribution in [3.63, 3.8) is 0 Å². The minimum absolute atomic E-state index is 0.0203. The second-order valence-electron chi connectivity index (χ2n) is 8.26. The zero-order valence-electron chi connectivity index (χ0n) is 18.3. The number of ether oxygens (including phenoxy) is 1. The minimum Gasteiger partial charge on any atom is -0.379 e. The number of nitrogens with zero attached hydrogens (tertiary/aromatic N) is 2. The molecule has 0 bridgehead atoms. The van der Waals surface area contributed by atoms with Gasteiger partial charge >= 0.3 is 0 Å². The minimum atomic E-state index is -0.287. The van der Waals surface area contributed by atoms with Gasteiger partial charge in [-0.05, 0) is 38.0 Å². The summed E-state index contributed by atoms with van der Waals surface area (Å²) in [6, 6.07) is 15.5. The smallest absolute Gasteiger partial charge is 0.255 e. The normalized spacial score (nSPS) is 15.7. The highest BCUT2D eigenvalue weighted by molar-refractivity contribution is 6.02. The van der Waals surface area contributed by atoms with E-state index in [1.54, 1.807) is 4.90 Å². The fourth-order valence-corrected chi connectivity index (χ4v) is 4.29. The molecule has 6 nitrogen and oxygen atoms in total. The van der Waals surface area contributed by atoms with Gasteiger partial charge in [0.25, 0.3) is 5.91 Å². The van der Waals surface area contributed by atoms with Gasteiger partial charge in [0.05, 0.1) is 12.1 Å². The van der Waals surface area contributed by atoms with E-state index < -0.39 is 0 Å². The Balaban J connectivity index is 1.58. The van der Waals surface area contributed by atoms with Crippen LogP contribution in [0.1, 0.15) is 47.8 Å². The Morgan fingerprint density at radius 2 is 1.84 bits per heavy atom. The van der Waals surface area contributed by atoms with Crippen LogP contribution in [0.2, 0.25) is 0 Å². The molecule has 1 aliphatic rings. The number of aromatic nitrogens is 1. The first-order valence-corrected chi connectivity index (χ1v) is 10.8. The largest absolute Gasteiger partial charge is 0.379 e. The number of rotatable bonds is 8. The lowest BCUT2D eigenvalue weighted by Gasteiger charge is -2.25. The molecule has 0 saturated carbocycles. The number of carbonyl (C=O) groups is 2. The highest BCUT2D eigenvalue weighted by Crippen LogP contribution is 2.41. The maximum atomic E-state index is 13.2.